The Balaban J connectivity index is 1.97. The molecule has 21 heavy (non-hydrogen) atoms. The third-order valence-corrected chi connectivity index (χ3v) is 3.35. The zero-order valence-corrected chi connectivity index (χ0v) is 12.8. The number of pyridine rings is 1. The van der Waals surface area contributed by atoms with Crippen molar-refractivity contribution >= 4 is 11.6 Å². The van der Waals surface area contributed by atoms with Gasteiger partial charge in [0.2, 0.25) is 5.91 Å². The number of aromatic nitrogens is 1. The Bertz CT molecular complexity index is 608. The van der Waals surface area contributed by atoms with Gasteiger partial charge in [-0.15, -0.1) is 0 Å². The Kier molecular flexibility index (Phi) is 4.93. The van der Waals surface area contributed by atoms with Crippen molar-refractivity contribution in [1.82, 2.24) is 9.88 Å². The normalized spacial score (nSPS) is 10.2. The number of carbonyl (C=O) groups is 1. The highest BCUT2D eigenvalue weighted by Crippen LogP contribution is 2.13. The Morgan fingerprint density at radius 3 is 2.71 bits per heavy atom. The van der Waals surface area contributed by atoms with E-state index < -0.39 is 0 Å². The average Bonchev–Trinajstić information content (AvgIpc) is 2.47. The van der Waals surface area contributed by atoms with Crippen molar-refractivity contribution in [1.29, 1.82) is 0 Å². The van der Waals surface area contributed by atoms with Gasteiger partial charge in [-0.25, -0.2) is 0 Å². The molecule has 1 heterocycles. The average molecular weight is 283 g/mol. The van der Waals surface area contributed by atoms with Gasteiger partial charge < -0.3 is 10.2 Å². The number of benzene rings is 1. The zero-order chi connectivity index (χ0) is 15.2. The van der Waals surface area contributed by atoms with E-state index in [-0.39, 0.29) is 5.91 Å². The van der Waals surface area contributed by atoms with Gasteiger partial charge in [0, 0.05) is 44.6 Å². The van der Waals surface area contributed by atoms with E-state index in [0.717, 1.165) is 29.1 Å². The molecule has 0 aliphatic heterocycles. The van der Waals surface area contributed by atoms with E-state index in [2.05, 4.69) is 22.4 Å². The van der Waals surface area contributed by atoms with Gasteiger partial charge in [0.05, 0.1) is 0 Å². The molecular weight excluding hydrogens is 262 g/mol. The number of hydrogen-bond acceptors (Lipinski definition) is 3. The molecule has 0 unspecified atom stereocenters. The molecule has 4 nitrogen and oxygen atoms in total. The van der Waals surface area contributed by atoms with Crippen molar-refractivity contribution in [2.24, 2.45) is 0 Å². The second-order valence-electron chi connectivity index (χ2n) is 5.24. The number of anilines is 1. The quantitative estimate of drug-likeness (QED) is 0.917. The monoisotopic (exact) mass is 283 g/mol. The van der Waals surface area contributed by atoms with E-state index >= 15 is 0 Å². The molecule has 1 N–H and O–H groups in total. The van der Waals surface area contributed by atoms with Crippen molar-refractivity contribution in [3.05, 3.63) is 59.4 Å². The van der Waals surface area contributed by atoms with Crippen molar-refractivity contribution in [3.8, 4) is 0 Å². The SMILES string of the molecule is CC(=O)N(C)Cc1cccc(NCc2ccc(C)nc2)c1. The molecule has 1 amide bonds. The van der Waals surface area contributed by atoms with E-state index in [1.165, 1.54) is 0 Å². The van der Waals surface area contributed by atoms with Crippen LogP contribution in [-0.2, 0) is 17.9 Å². The molecular formula is C17H21N3O. The molecule has 0 spiro atoms. The predicted molar refractivity (Wildman–Crippen MR) is 84.9 cm³/mol. The number of nitrogens with one attached hydrogen (secondary N) is 1. The van der Waals surface area contributed by atoms with E-state index in [0.29, 0.717) is 6.54 Å². The first-order valence-electron chi connectivity index (χ1n) is 7.00. The predicted octanol–water partition coefficient (Wildman–Crippen LogP) is 2.98. The molecule has 1 aromatic heterocycles. The standard InChI is InChI=1S/C17H21N3O/c1-13-7-8-16(10-18-13)11-19-17-6-4-5-15(9-17)12-20(3)14(2)21/h4-10,19H,11-12H2,1-3H3. The smallest absolute Gasteiger partial charge is 0.219 e. The van der Waals surface area contributed by atoms with Crippen molar-refractivity contribution in [2.45, 2.75) is 26.9 Å². The molecule has 4 heteroatoms. The maximum absolute atomic E-state index is 11.3. The van der Waals surface area contributed by atoms with Crippen LogP contribution in [0.3, 0.4) is 0 Å². The number of carbonyl (C=O) groups excluding carboxylic acids is 1. The van der Waals surface area contributed by atoms with Crippen LogP contribution in [0.2, 0.25) is 0 Å². The van der Waals surface area contributed by atoms with Crippen LogP contribution < -0.4 is 5.32 Å². The Morgan fingerprint density at radius 2 is 2.05 bits per heavy atom. The minimum atomic E-state index is 0.0686. The summed E-state index contributed by atoms with van der Waals surface area (Å²) in [5.74, 6) is 0.0686. The van der Waals surface area contributed by atoms with Crippen LogP contribution in [0, 0.1) is 6.92 Å². The van der Waals surface area contributed by atoms with Crippen LogP contribution in [0.1, 0.15) is 23.7 Å². The van der Waals surface area contributed by atoms with Crippen molar-refractivity contribution in [2.75, 3.05) is 12.4 Å². The Morgan fingerprint density at radius 1 is 1.24 bits per heavy atom. The molecule has 0 aliphatic carbocycles. The van der Waals surface area contributed by atoms with Crippen LogP contribution in [0.25, 0.3) is 0 Å². The lowest BCUT2D eigenvalue weighted by Gasteiger charge is -2.15. The van der Waals surface area contributed by atoms with Crippen molar-refractivity contribution < 1.29 is 4.79 Å². The number of hydrogen-bond donors (Lipinski definition) is 1. The maximum atomic E-state index is 11.3. The number of aryl methyl sites for hydroxylation is 1. The first-order valence-corrected chi connectivity index (χ1v) is 7.00. The van der Waals surface area contributed by atoms with Gasteiger partial charge in [-0.3, -0.25) is 9.78 Å². The Labute approximate surface area is 125 Å². The molecule has 0 radical (unpaired) electrons. The molecule has 0 aliphatic rings. The second kappa shape index (κ2) is 6.88. The fourth-order valence-corrected chi connectivity index (χ4v) is 1.97. The molecule has 0 fully saturated rings. The van der Waals surface area contributed by atoms with Crippen LogP contribution in [0.5, 0.6) is 0 Å². The molecule has 0 saturated carbocycles. The van der Waals surface area contributed by atoms with E-state index in [4.69, 9.17) is 0 Å². The van der Waals surface area contributed by atoms with Crippen LogP contribution in [0.4, 0.5) is 5.69 Å². The van der Waals surface area contributed by atoms with Gasteiger partial charge in [0.15, 0.2) is 0 Å². The number of nitrogens with zero attached hydrogens (tertiary/aromatic N) is 2. The summed E-state index contributed by atoms with van der Waals surface area (Å²) in [5, 5.41) is 3.38. The second-order valence-corrected chi connectivity index (χ2v) is 5.24. The highest BCUT2D eigenvalue weighted by atomic mass is 16.2. The summed E-state index contributed by atoms with van der Waals surface area (Å²) in [4.78, 5) is 17.3. The molecule has 0 saturated heterocycles. The largest absolute Gasteiger partial charge is 0.381 e. The summed E-state index contributed by atoms with van der Waals surface area (Å²) in [7, 11) is 1.81. The summed E-state index contributed by atoms with van der Waals surface area (Å²) in [6, 6.07) is 12.2. The topological polar surface area (TPSA) is 45.2 Å². The molecule has 2 aromatic rings. The summed E-state index contributed by atoms with van der Waals surface area (Å²) in [5.41, 5.74) is 4.32. The number of amides is 1. The van der Waals surface area contributed by atoms with Crippen LogP contribution in [-0.4, -0.2) is 22.8 Å². The van der Waals surface area contributed by atoms with Crippen LogP contribution >= 0.6 is 0 Å². The van der Waals surface area contributed by atoms with Crippen LogP contribution in [0.15, 0.2) is 42.6 Å². The van der Waals surface area contributed by atoms with Gasteiger partial charge >= 0.3 is 0 Å². The summed E-state index contributed by atoms with van der Waals surface area (Å²) < 4.78 is 0. The molecule has 1 aromatic carbocycles. The van der Waals surface area contributed by atoms with Gasteiger partial charge in [-0.2, -0.15) is 0 Å². The van der Waals surface area contributed by atoms with Crippen molar-refractivity contribution in [3.63, 3.8) is 0 Å². The fraction of sp³-hybridized carbons (Fsp3) is 0.294. The highest BCUT2D eigenvalue weighted by Gasteiger charge is 2.04. The molecule has 2 rings (SSSR count). The summed E-state index contributed by atoms with van der Waals surface area (Å²) in [6.45, 7) is 4.91. The number of rotatable bonds is 5. The lowest BCUT2D eigenvalue weighted by Crippen LogP contribution is -2.23. The third-order valence-electron chi connectivity index (χ3n) is 3.35. The third kappa shape index (κ3) is 4.60. The van der Waals surface area contributed by atoms with Gasteiger partial charge in [-0.1, -0.05) is 18.2 Å². The zero-order valence-electron chi connectivity index (χ0n) is 12.8. The van der Waals surface area contributed by atoms with E-state index in [1.807, 2.05) is 37.4 Å². The minimum absolute atomic E-state index is 0.0686. The van der Waals surface area contributed by atoms with Gasteiger partial charge in [0.1, 0.15) is 0 Å². The molecule has 0 atom stereocenters. The van der Waals surface area contributed by atoms with E-state index in [9.17, 15) is 4.79 Å². The lowest BCUT2D eigenvalue weighted by atomic mass is 10.2. The lowest BCUT2D eigenvalue weighted by molar-refractivity contribution is -0.128. The Hall–Kier alpha value is -2.36. The van der Waals surface area contributed by atoms with Gasteiger partial charge in [0.25, 0.3) is 0 Å². The molecule has 110 valence electrons. The summed E-state index contributed by atoms with van der Waals surface area (Å²) in [6.07, 6.45) is 1.88. The molecule has 0 bridgehead atoms. The maximum Gasteiger partial charge on any atom is 0.219 e. The van der Waals surface area contributed by atoms with E-state index in [1.54, 1.807) is 18.9 Å². The first-order chi connectivity index (χ1) is 10.0. The van der Waals surface area contributed by atoms with Gasteiger partial charge in [-0.05, 0) is 36.2 Å². The minimum Gasteiger partial charge on any atom is -0.381 e. The highest BCUT2D eigenvalue weighted by molar-refractivity contribution is 5.72. The summed E-state index contributed by atoms with van der Waals surface area (Å²) >= 11 is 0. The fourth-order valence-electron chi connectivity index (χ4n) is 1.97. The first kappa shape index (κ1) is 15.0.